The molecule has 0 aliphatic heterocycles. The average molecular weight is 272 g/mol. The van der Waals surface area contributed by atoms with Crippen molar-refractivity contribution < 1.29 is 13.2 Å². The molecule has 0 aliphatic rings. The molecule has 0 aromatic heterocycles. The number of rotatable bonds is 8. The van der Waals surface area contributed by atoms with Gasteiger partial charge in [0.2, 0.25) is 10.0 Å². The molecule has 6 heteroatoms. The van der Waals surface area contributed by atoms with Crippen LogP contribution >= 0.6 is 0 Å². The molecule has 0 amide bonds. The van der Waals surface area contributed by atoms with Crippen LogP contribution < -0.4 is 10.5 Å². The SMILES string of the molecule is CCOCCS(=O)(=O)NCc1cccc(CN)c1. The van der Waals surface area contributed by atoms with Crippen LogP contribution in [0.3, 0.4) is 0 Å². The first-order valence-electron chi connectivity index (χ1n) is 5.90. The van der Waals surface area contributed by atoms with E-state index in [1.54, 1.807) is 0 Å². The lowest BCUT2D eigenvalue weighted by molar-refractivity contribution is 0.163. The van der Waals surface area contributed by atoms with Crippen LogP contribution in [0.1, 0.15) is 18.1 Å². The normalized spacial score (nSPS) is 11.7. The molecule has 0 bridgehead atoms. The van der Waals surface area contributed by atoms with Crippen molar-refractivity contribution in [2.75, 3.05) is 19.0 Å². The highest BCUT2D eigenvalue weighted by atomic mass is 32.2. The lowest BCUT2D eigenvalue weighted by atomic mass is 10.1. The third-order valence-corrected chi connectivity index (χ3v) is 3.71. The Bertz CT molecular complexity index is 460. The Kier molecular flexibility index (Phi) is 6.28. The van der Waals surface area contributed by atoms with Crippen molar-refractivity contribution >= 4 is 10.0 Å². The lowest BCUT2D eigenvalue weighted by Gasteiger charge is -2.07. The van der Waals surface area contributed by atoms with E-state index in [2.05, 4.69) is 4.72 Å². The molecule has 18 heavy (non-hydrogen) atoms. The van der Waals surface area contributed by atoms with Gasteiger partial charge in [-0.05, 0) is 18.1 Å². The van der Waals surface area contributed by atoms with Gasteiger partial charge in [-0.1, -0.05) is 24.3 Å². The number of nitrogens with one attached hydrogen (secondary N) is 1. The molecule has 1 rings (SSSR count). The molecule has 0 saturated carbocycles. The minimum atomic E-state index is -3.28. The van der Waals surface area contributed by atoms with E-state index in [0.29, 0.717) is 13.2 Å². The molecule has 0 atom stereocenters. The van der Waals surface area contributed by atoms with Crippen LogP contribution in [0.15, 0.2) is 24.3 Å². The van der Waals surface area contributed by atoms with E-state index >= 15 is 0 Å². The summed E-state index contributed by atoms with van der Waals surface area (Å²) in [6, 6.07) is 7.54. The van der Waals surface area contributed by atoms with E-state index in [1.165, 1.54) is 0 Å². The van der Waals surface area contributed by atoms with Crippen LogP contribution in [0.2, 0.25) is 0 Å². The second-order valence-corrected chi connectivity index (χ2v) is 5.79. The van der Waals surface area contributed by atoms with E-state index in [9.17, 15) is 8.42 Å². The number of hydrogen-bond donors (Lipinski definition) is 2. The summed E-state index contributed by atoms with van der Waals surface area (Å²) in [5, 5.41) is 0. The van der Waals surface area contributed by atoms with Crippen molar-refractivity contribution in [3.63, 3.8) is 0 Å². The molecule has 102 valence electrons. The summed E-state index contributed by atoms with van der Waals surface area (Å²) < 4.78 is 30.8. The van der Waals surface area contributed by atoms with Gasteiger partial charge in [0.15, 0.2) is 0 Å². The smallest absolute Gasteiger partial charge is 0.214 e. The van der Waals surface area contributed by atoms with Crippen LogP contribution in [0.4, 0.5) is 0 Å². The predicted octanol–water partition coefficient (Wildman–Crippen LogP) is 0.601. The number of nitrogens with two attached hydrogens (primary N) is 1. The van der Waals surface area contributed by atoms with Crippen LogP contribution in [0, 0.1) is 0 Å². The Balaban J connectivity index is 2.48. The first kappa shape index (κ1) is 15.1. The average Bonchev–Trinajstić information content (AvgIpc) is 2.37. The van der Waals surface area contributed by atoms with Crippen molar-refractivity contribution in [2.45, 2.75) is 20.0 Å². The molecular formula is C12H20N2O3S. The Morgan fingerprint density at radius 2 is 2.06 bits per heavy atom. The monoisotopic (exact) mass is 272 g/mol. The largest absolute Gasteiger partial charge is 0.381 e. The maximum atomic E-state index is 11.6. The molecule has 0 unspecified atom stereocenters. The van der Waals surface area contributed by atoms with Gasteiger partial charge in [-0.15, -0.1) is 0 Å². The zero-order valence-corrected chi connectivity index (χ0v) is 11.4. The van der Waals surface area contributed by atoms with Crippen molar-refractivity contribution in [1.29, 1.82) is 0 Å². The Morgan fingerprint density at radius 3 is 2.72 bits per heavy atom. The predicted molar refractivity (Wildman–Crippen MR) is 71.5 cm³/mol. The second-order valence-electron chi connectivity index (χ2n) is 3.86. The highest BCUT2D eigenvalue weighted by Crippen LogP contribution is 2.04. The molecule has 3 N–H and O–H groups in total. The molecule has 0 aliphatic carbocycles. The number of benzene rings is 1. The van der Waals surface area contributed by atoms with E-state index in [-0.39, 0.29) is 18.9 Å². The van der Waals surface area contributed by atoms with Crippen LogP contribution in [0.5, 0.6) is 0 Å². The summed E-state index contributed by atoms with van der Waals surface area (Å²) >= 11 is 0. The molecule has 0 spiro atoms. The van der Waals surface area contributed by atoms with E-state index in [1.807, 2.05) is 31.2 Å². The quantitative estimate of drug-likeness (QED) is 0.679. The number of sulfonamides is 1. The highest BCUT2D eigenvalue weighted by molar-refractivity contribution is 7.89. The van der Waals surface area contributed by atoms with Crippen LogP contribution in [-0.2, 0) is 27.8 Å². The maximum absolute atomic E-state index is 11.6. The minimum Gasteiger partial charge on any atom is -0.381 e. The summed E-state index contributed by atoms with van der Waals surface area (Å²) in [4.78, 5) is 0. The first-order chi connectivity index (χ1) is 8.57. The van der Waals surface area contributed by atoms with Crippen molar-refractivity contribution in [1.82, 2.24) is 4.72 Å². The standard InChI is InChI=1S/C12H20N2O3S/c1-2-17-6-7-18(15,16)14-10-12-5-3-4-11(8-12)9-13/h3-5,8,14H,2,6-7,9-10,13H2,1H3. The number of hydrogen-bond acceptors (Lipinski definition) is 4. The fourth-order valence-electron chi connectivity index (χ4n) is 1.45. The third-order valence-electron chi connectivity index (χ3n) is 2.42. The van der Waals surface area contributed by atoms with Crippen LogP contribution in [0.25, 0.3) is 0 Å². The van der Waals surface area contributed by atoms with Gasteiger partial charge in [0.25, 0.3) is 0 Å². The molecule has 1 aromatic rings. The second kappa shape index (κ2) is 7.48. The van der Waals surface area contributed by atoms with E-state index < -0.39 is 10.0 Å². The van der Waals surface area contributed by atoms with Gasteiger partial charge in [-0.3, -0.25) is 0 Å². The Labute approximate surface area is 108 Å². The summed E-state index contributed by atoms with van der Waals surface area (Å²) in [6.45, 7) is 3.30. The maximum Gasteiger partial charge on any atom is 0.214 e. The topological polar surface area (TPSA) is 81.4 Å². The zero-order valence-electron chi connectivity index (χ0n) is 10.6. The summed E-state index contributed by atoms with van der Waals surface area (Å²) in [7, 11) is -3.28. The van der Waals surface area contributed by atoms with Crippen molar-refractivity contribution in [2.24, 2.45) is 5.73 Å². The molecule has 5 nitrogen and oxygen atoms in total. The van der Waals surface area contributed by atoms with Gasteiger partial charge in [-0.2, -0.15) is 0 Å². The fourth-order valence-corrected chi connectivity index (χ4v) is 2.31. The molecule has 0 saturated heterocycles. The summed E-state index contributed by atoms with van der Waals surface area (Å²) in [5.74, 6) is -0.0164. The molecule has 0 heterocycles. The van der Waals surface area contributed by atoms with Crippen LogP contribution in [-0.4, -0.2) is 27.4 Å². The van der Waals surface area contributed by atoms with Gasteiger partial charge in [-0.25, -0.2) is 13.1 Å². The van der Waals surface area contributed by atoms with Crippen molar-refractivity contribution in [3.8, 4) is 0 Å². The third kappa shape index (κ3) is 5.59. The fraction of sp³-hybridized carbons (Fsp3) is 0.500. The van der Waals surface area contributed by atoms with Gasteiger partial charge in [0.05, 0.1) is 12.4 Å². The molecule has 0 fully saturated rings. The molecule has 0 radical (unpaired) electrons. The molecular weight excluding hydrogens is 252 g/mol. The van der Waals surface area contributed by atoms with Gasteiger partial charge >= 0.3 is 0 Å². The Morgan fingerprint density at radius 1 is 1.33 bits per heavy atom. The van der Waals surface area contributed by atoms with Crippen molar-refractivity contribution in [3.05, 3.63) is 35.4 Å². The van der Waals surface area contributed by atoms with Gasteiger partial charge in [0, 0.05) is 19.7 Å². The highest BCUT2D eigenvalue weighted by Gasteiger charge is 2.09. The first-order valence-corrected chi connectivity index (χ1v) is 7.55. The van der Waals surface area contributed by atoms with E-state index in [0.717, 1.165) is 11.1 Å². The molecule has 1 aromatic carbocycles. The zero-order chi connectivity index (χ0) is 13.4. The van der Waals surface area contributed by atoms with Gasteiger partial charge in [0.1, 0.15) is 0 Å². The van der Waals surface area contributed by atoms with E-state index in [4.69, 9.17) is 10.5 Å². The lowest BCUT2D eigenvalue weighted by Crippen LogP contribution is -2.28. The van der Waals surface area contributed by atoms with Gasteiger partial charge < -0.3 is 10.5 Å². The minimum absolute atomic E-state index is 0.0164. The summed E-state index contributed by atoms with van der Waals surface area (Å²) in [6.07, 6.45) is 0. The summed E-state index contributed by atoms with van der Waals surface area (Å²) in [5.41, 5.74) is 7.41. The Hall–Kier alpha value is -0.950. The number of ether oxygens (including phenoxy) is 1.